The smallest absolute Gasteiger partial charge is 0.269 e. The highest BCUT2D eigenvalue weighted by atomic mass is 16.6. The molecule has 0 radical (unpaired) electrons. The molecule has 7 heteroatoms. The van der Waals surface area contributed by atoms with Crippen molar-refractivity contribution in [3.8, 4) is 11.5 Å². The zero-order valence-corrected chi connectivity index (χ0v) is 11.4. The molecule has 1 aliphatic rings. The molecule has 3 rings (SSSR count). The molecule has 1 aliphatic heterocycles. The Morgan fingerprint density at radius 1 is 1.27 bits per heavy atom. The standard InChI is InChI=1S/C15H12N2O5/c18-11-4-5-13-12(8-11)16-15(19)14(22-13)7-9-2-1-3-10(6-9)17(20)21/h1-6,8,14,18H,7H2,(H,16,19). The third-order valence-electron chi connectivity index (χ3n) is 3.33. The van der Waals surface area contributed by atoms with E-state index in [2.05, 4.69) is 5.32 Å². The van der Waals surface area contributed by atoms with Crippen LogP contribution in [0.25, 0.3) is 0 Å². The fourth-order valence-electron chi connectivity index (χ4n) is 2.28. The van der Waals surface area contributed by atoms with Gasteiger partial charge in [-0.3, -0.25) is 14.9 Å². The average molecular weight is 300 g/mol. The number of hydrogen-bond donors (Lipinski definition) is 2. The molecule has 0 spiro atoms. The number of benzene rings is 2. The second kappa shape index (κ2) is 5.36. The van der Waals surface area contributed by atoms with E-state index in [1.165, 1.54) is 24.3 Å². The summed E-state index contributed by atoms with van der Waals surface area (Å²) in [6, 6.07) is 10.5. The molecule has 1 heterocycles. The van der Waals surface area contributed by atoms with Gasteiger partial charge in [-0.15, -0.1) is 0 Å². The summed E-state index contributed by atoms with van der Waals surface area (Å²) in [5.41, 5.74) is 1.01. The number of phenolic OH excluding ortho intramolecular Hbond substituents is 1. The molecule has 1 unspecified atom stereocenters. The lowest BCUT2D eigenvalue weighted by atomic mass is 10.1. The zero-order chi connectivity index (χ0) is 15.7. The Kier molecular flexibility index (Phi) is 3.38. The van der Waals surface area contributed by atoms with E-state index in [0.29, 0.717) is 17.0 Å². The summed E-state index contributed by atoms with van der Waals surface area (Å²) >= 11 is 0. The lowest BCUT2D eigenvalue weighted by Crippen LogP contribution is -2.38. The third kappa shape index (κ3) is 2.69. The largest absolute Gasteiger partial charge is 0.508 e. The number of ether oxygens (including phenoxy) is 1. The van der Waals surface area contributed by atoms with Crippen LogP contribution in [-0.2, 0) is 11.2 Å². The van der Waals surface area contributed by atoms with Crippen molar-refractivity contribution in [2.45, 2.75) is 12.5 Å². The molecule has 0 aliphatic carbocycles. The predicted molar refractivity (Wildman–Crippen MR) is 78.0 cm³/mol. The summed E-state index contributed by atoms with van der Waals surface area (Å²) in [5.74, 6) is 0.122. The van der Waals surface area contributed by atoms with Gasteiger partial charge in [0.05, 0.1) is 10.6 Å². The van der Waals surface area contributed by atoms with Crippen LogP contribution in [0.2, 0.25) is 0 Å². The molecule has 2 N–H and O–H groups in total. The Labute approximate surface area is 125 Å². The minimum Gasteiger partial charge on any atom is -0.508 e. The minimum atomic E-state index is -0.779. The predicted octanol–water partition coefficient (Wildman–Crippen LogP) is 2.24. The number of fused-ring (bicyclic) bond motifs is 1. The monoisotopic (exact) mass is 300 g/mol. The van der Waals surface area contributed by atoms with Gasteiger partial charge in [0.25, 0.3) is 11.6 Å². The fraction of sp³-hybridized carbons (Fsp3) is 0.133. The first-order chi connectivity index (χ1) is 10.5. The summed E-state index contributed by atoms with van der Waals surface area (Å²) < 4.78 is 5.61. The van der Waals surface area contributed by atoms with Crippen molar-refractivity contribution in [1.29, 1.82) is 0 Å². The molecule has 1 amide bonds. The molecule has 7 nitrogen and oxygen atoms in total. The topological polar surface area (TPSA) is 102 Å². The minimum absolute atomic E-state index is 0.0276. The number of non-ortho nitro benzene ring substituents is 1. The van der Waals surface area contributed by atoms with Gasteiger partial charge in [-0.1, -0.05) is 12.1 Å². The second-order valence-electron chi connectivity index (χ2n) is 4.91. The van der Waals surface area contributed by atoms with E-state index in [9.17, 15) is 20.0 Å². The lowest BCUT2D eigenvalue weighted by Gasteiger charge is -2.25. The number of nitro benzene ring substituents is 1. The first-order valence-corrected chi connectivity index (χ1v) is 6.57. The molecule has 22 heavy (non-hydrogen) atoms. The number of hydrogen-bond acceptors (Lipinski definition) is 5. The fourth-order valence-corrected chi connectivity index (χ4v) is 2.28. The molecule has 0 saturated heterocycles. The van der Waals surface area contributed by atoms with Crippen LogP contribution in [0.15, 0.2) is 42.5 Å². The van der Waals surface area contributed by atoms with Crippen LogP contribution in [0.3, 0.4) is 0 Å². The van der Waals surface area contributed by atoms with Gasteiger partial charge >= 0.3 is 0 Å². The zero-order valence-electron chi connectivity index (χ0n) is 11.4. The van der Waals surface area contributed by atoms with Crippen molar-refractivity contribution in [2.75, 3.05) is 5.32 Å². The molecule has 0 fully saturated rings. The molecule has 2 aromatic carbocycles. The number of nitrogens with one attached hydrogen (secondary N) is 1. The number of nitro groups is 1. The van der Waals surface area contributed by atoms with E-state index in [1.54, 1.807) is 18.2 Å². The second-order valence-corrected chi connectivity index (χ2v) is 4.91. The SMILES string of the molecule is O=C1Nc2cc(O)ccc2OC1Cc1cccc([N+](=O)[O-])c1. The van der Waals surface area contributed by atoms with Crippen molar-refractivity contribution in [3.05, 3.63) is 58.1 Å². The first kappa shape index (κ1) is 13.9. The van der Waals surface area contributed by atoms with Crippen molar-refractivity contribution in [3.63, 3.8) is 0 Å². The van der Waals surface area contributed by atoms with Gasteiger partial charge in [0, 0.05) is 24.6 Å². The number of aromatic hydroxyl groups is 1. The van der Waals surface area contributed by atoms with E-state index in [-0.39, 0.29) is 23.8 Å². The van der Waals surface area contributed by atoms with Gasteiger partial charge < -0.3 is 15.2 Å². The molecular formula is C15H12N2O5. The average Bonchev–Trinajstić information content (AvgIpc) is 2.48. The summed E-state index contributed by atoms with van der Waals surface area (Å²) in [6.45, 7) is 0. The molecule has 112 valence electrons. The van der Waals surface area contributed by atoms with Gasteiger partial charge in [0.2, 0.25) is 0 Å². The number of nitrogens with zero attached hydrogens (tertiary/aromatic N) is 1. The first-order valence-electron chi connectivity index (χ1n) is 6.57. The highest BCUT2D eigenvalue weighted by Crippen LogP contribution is 2.33. The quantitative estimate of drug-likeness (QED) is 0.668. The molecule has 2 aromatic rings. The Bertz CT molecular complexity index is 759. The highest BCUT2D eigenvalue weighted by molar-refractivity contribution is 5.98. The number of rotatable bonds is 3. The van der Waals surface area contributed by atoms with Crippen LogP contribution >= 0.6 is 0 Å². The Morgan fingerprint density at radius 3 is 2.86 bits per heavy atom. The van der Waals surface area contributed by atoms with Crippen LogP contribution in [0.5, 0.6) is 11.5 Å². The Balaban J connectivity index is 1.81. The number of carbonyl (C=O) groups excluding carboxylic acids is 1. The lowest BCUT2D eigenvalue weighted by molar-refractivity contribution is -0.384. The summed E-state index contributed by atoms with van der Waals surface area (Å²) in [6.07, 6.45) is -0.563. The summed E-state index contributed by atoms with van der Waals surface area (Å²) in [5, 5.41) is 22.8. The number of carbonyl (C=O) groups is 1. The maximum Gasteiger partial charge on any atom is 0.269 e. The summed E-state index contributed by atoms with van der Waals surface area (Å²) in [4.78, 5) is 22.3. The van der Waals surface area contributed by atoms with Crippen LogP contribution in [0, 0.1) is 10.1 Å². The molecule has 0 saturated carbocycles. The third-order valence-corrected chi connectivity index (χ3v) is 3.33. The van der Waals surface area contributed by atoms with Crippen LogP contribution in [0.4, 0.5) is 11.4 Å². The Hall–Kier alpha value is -3.09. The molecule has 1 atom stereocenters. The van der Waals surface area contributed by atoms with E-state index < -0.39 is 11.0 Å². The molecule has 0 bridgehead atoms. The molecular weight excluding hydrogens is 288 g/mol. The van der Waals surface area contributed by atoms with Crippen molar-refractivity contribution in [1.82, 2.24) is 0 Å². The van der Waals surface area contributed by atoms with E-state index in [1.807, 2.05) is 0 Å². The van der Waals surface area contributed by atoms with Crippen molar-refractivity contribution < 1.29 is 19.6 Å². The van der Waals surface area contributed by atoms with Crippen LogP contribution < -0.4 is 10.1 Å². The van der Waals surface area contributed by atoms with Gasteiger partial charge in [0.15, 0.2) is 6.10 Å². The summed E-state index contributed by atoms with van der Waals surface area (Å²) in [7, 11) is 0. The van der Waals surface area contributed by atoms with Crippen LogP contribution in [0.1, 0.15) is 5.56 Å². The number of amides is 1. The Morgan fingerprint density at radius 2 is 2.09 bits per heavy atom. The maximum absolute atomic E-state index is 12.0. The van der Waals surface area contributed by atoms with Gasteiger partial charge in [0.1, 0.15) is 11.5 Å². The maximum atomic E-state index is 12.0. The van der Waals surface area contributed by atoms with Crippen LogP contribution in [-0.4, -0.2) is 22.0 Å². The molecule has 0 aromatic heterocycles. The van der Waals surface area contributed by atoms with Crippen molar-refractivity contribution >= 4 is 17.3 Å². The number of anilines is 1. The van der Waals surface area contributed by atoms with E-state index in [0.717, 1.165) is 0 Å². The normalized spacial score (nSPS) is 16.4. The number of phenols is 1. The van der Waals surface area contributed by atoms with Gasteiger partial charge in [-0.2, -0.15) is 0 Å². The van der Waals surface area contributed by atoms with E-state index >= 15 is 0 Å². The van der Waals surface area contributed by atoms with Crippen molar-refractivity contribution in [2.24, 2.45) is 0 Å². The highest BCUT2D eigenvalue weighted by Gasteiger charge is 2.28. The van der Waals surface area contributed by atoms with E-state index in [4.69, 9.17) is 4.74 Å². The van der Waals surface area contributed by atoms with Gasteiger partial charge in [-0.25, -0.2) is 0 Å². The van der Waals surface area contributed by atoms with Gasteiger partial charge in [-0.05, 0) is 17.7 Å².